The van der Waals surface area contributed by atoms with E-state index in [0.29, 0.717) is 21.5 Å². The monoisotopic (exact) mass is 281 g/mol. The van der Waals surface area contributed by atoms with Gasteiger partial charge in [-0.15, -0.1) is 0 Å². The minimum atomic E-state index is -0.273. The molecule has 1 N–H and O–H groups in total. The lowest BCUT2D eigenvalue weighted by molar-refractivity contribution is -0.111. The first-order valence-corrected chi connectivity index (χ1v) is 5.88. The van der Waals surface area contributed by atoms with Crippen molar-refractivity contribution in [2.45, 2.75) is 0 Å². The Hall–Kier alpha value is -1.71. The molecule has 0 saturated carbocycles. The van der Waals surface area contributed by atoms with Crippen molar-refractivity contribution in [1.82, 2.24) is 0 Å². The van der Waals surface area contributed by atoms with Gasteiger partial charge in [0.25, 0.3) is 0 Å². The predicted molar refractivity (Wildman–Crippen MR) is 72.8 cm³/mol. The van der Waals surface area contributed by atoms with Crippen LogP contribution in [0.2, 0.25) is 10.0 Å². The van der Waals surface area contributed by atoms with Gasteiger partial charge in [0.05, 0.1) is 16.3 Å². The van der Waals surface area contributed by atoms with Crippen LogP contribution in [0.25, 0.3) is 6.08 Å². The molecule has 92 valence electrons. The van der Waals surface area contributed by atoms with Gasteiger partial charge < -0.3 is 9.73 Å². The Labute approximate surface area is 114 Å². The van der Waals surface area contributed by atoms with E-state index in [0.717, 1.165) is 0 Å². The Morgan fingerprint density at radius 2 is 2.06 bits per heavy atom. The average Bonchev–Trinajstić information content (AvgIpc) is 2.84. The smallest absolute Gasteiger partial charge is 0.248 e. The van der Waals surface area contributed by atoms with Gasteiger partial charge in [0, 0.05) is 11.8 Å². The van der Waals surface area contributed by atoms with Gasteiger partial charge in [-0.25, -0.2) is 0 Å². The summed E-state index contributed by atoms with van der Waals surface area (Å²) in [5.74, 6) is 0.337. The van der Waals surface area contributed by atoms with Crippen LogP contribution in [0.5, 0.6) is 0 Å². The summed E-state index contributed by atoms with van der Waals surface area (Å²) in [6.45, 7) is 0. The van der Waals surface area contributed by atoms with Crippen LogP contribution in [0.15, 0.2) is 47.1 Å². The molecule has 0 spiro atoms. The molecule has 18 heavy (non-hydrogen) atoms. The highest BCUT2D eigenvalue weighted by atomic mass is 35.5. The maximum atomic E-state index is 11.6. The highest BCUT2D eigenvalue weighted by Crippen LogP contribution is 2.24. The molecule has 0 saturated heterocycles. The standard InChI is InChI=1S/C13H9Cl2NO2/c14-11-5-3-9(8-12(11)15)16-13(17)6-4-10-2-1-7-18-10/h1-8H,(H,16,17). The summed E-state index contributed by atoms with van der Waals surface area (Å²) in [5.41, 5.74) is 0.582. The molecule has 1 heterocycles. The number of amides is 1. The van der Waals surface area contributed by atoms with Crippen molar-refractivity contribution >= 4 is 40.9 Å². The van der Waals surface area contributed by atoms with Crippen molar-refractivity contribution in [3.8, 4) is 0 Å². The highest BCUT2D eigenvalue weighted by molar-refractivity contribution is 6.42. The van der Waals surface area contributed by atoms with E-state index in [4.69, 9.17) is 27.6 Å². The number of halogens is 2. The quantitative estimate of drug-likeness (QED) is 0.855. The number of nitrogens with one attached hydrogen (secondary N) is 1. The van der Waals surface area contributed by atoms with Gasteiger partial charge in [-0.1, -0.05) is 23.2 Å². The van der Waals surface area contributed by atoms with Gasteiger partial charge in [-0.3, -0.25) is 4.79 Å². The number of hydrogen-bond acceptors (Lipinski definition) is 2. The SMILES string of the molecule is O=C(C=Cc1ccco1)Nc1ccc(Cl)c(Cl)c1. The largest absolute Gasteiger partial charge is 0.465 e. The van der Waals surface area contributed by atoms with Crippen LogP contribution in [0.3, 0.4) is 0 Å². The highest BCUT2D eigenvalue weighted by Gasteiger charge is 2.02. The summed E-state index contributed by atoms with van der Waals surface area (Å²) in [5, 5.41) is 3.50. The van der Waals surface area contributed by atoms with Gasteiger partial charge in [0.1, 0.15) is 5.76 Å². The fraction of sp³-hybridized carbons (Fsp3) is 0. The Morgan fingerprint density at radius 1 is 1.22 bits per heavy atom. The summed E-state index contributed by atoms with van der Waals surface area (Å²) in [6, 6.07) is 8.38. The van der Waals surface area contributed by atoms with E-state index >= 15 is 0 Å². The number of hydrogen-bond donors (Lipinski definition) is 1. The molecule has 0 aliphatic heterocycles. The van der Waals surface area contributed by atoms with Crippen LogP contribution in [-0.4, -0.2) is 5.91 Å². The van der Waals surface area contributed by atoms with Gasteiger partial charge in [0.15, 0.2) is 0 Å². The van der Waals surface area contributed by atoms with Crippen LogP contribution in [0.4, 0.5) is 5.69 Å². The number of rotatable bonds is 3. The van der Waals surface area contributed by atoms with Crippen LogP contribution in [-0.2, 0) is 4.79 Å². The normalized spacial score (nSPS) is 10.8. The number of anilines is 1. The third-order valence-corrected chi connectivity index (χ3v) is 2.87. The number of furan rings is 1. The van der Waals surface area contributed by atoms with E-state index in [9.17, 15) is 4.79 Å². The van der Waals surface area contributed by atoms with Crippen molar-refractivity contribution in [3.05, 3.63) is 58.5 Å². The first-order valence-electron chi connectivity index (χ1n) is 5.13. The third kappa shape index (κ3) is 3.39. The maximum absolute atomic E-state index is 11.6. The van der Waals surface area contributed by atoms with Gasteiger partial charge in [0.2, 0.25) is 5.91 Å². The summed E-state index contributed by atoms with van der Waals surface area (Å²) in [6.07, 6.45) is 4.49. The number of carbonyl (C=O) groups excluding carboxylic acids is 1. The first-order chi connectivity index (χ1) is 8.65. The van der Waals surface area contributed by atoms with E-state index in [1.807, 2.05) is 0 Å². The molecule has 2 aromatic rings. The molecule has 3 nitrogen and oxygen atoms in total. The van der Waals surface area contributed by atoms with Crippen molar-refractivity contribution in [2.75, 3.05) is 5.32 Å². The first kappa shape index (κ1) is 12.7. The van der Waals surface area contributed by atoms with E-state index in [1.165, 1.54) is 12.3 Å². The van der Waals surface area contributed by atoms with E-state index in [-0.39, 0.29) is 5.91 Å². The summed E-state index contributed by atoms with van der Waals surface area (Å²) in [4.78, 5) is 11.6. The minimum Gasteiger partial charge on any atom is -0.465 e. The second kappa shape index (κ2) is 5.76. The number of carbonyl (C=O) groups is 1. The van der Waals surface area contributed by atoms with E-state index in [2.05, 4.69) is 5.32 Å². The van der Waals surface area contributed by atoms with Crippen molar-refractivity contribution in [3.63, 3.8) is 0 Å². The molecule has 5 heteroatoms. The van der Waals surface area contributed by atoms with E-state index < -0.39 is 0 Å². The second-order valence-corrected chi connectivity index (χ2v) is 4.28. The minimum absolute atomic E-state index is 0.273. The van der Waals surface area contributed by atoms with Crippen LogP contribution in [0, 0.1) is 0 Å². The average molecular weight is 282 g/mol. The molecule has 1 aromatic carbocycles. The molecule has 0 unspecified atom stereocenters. The maximum Gasteiger partial charge on any atom is 0.248 e. The lowest BCUT2D eigenvalue weighted by Crippen LogP contribution is -2.07. The topological polar surface area (TPSA) is 42.2 Å². The molecule has 1 aromatic heterocycles. The lowest BCUT2D eigenvalue weighted by Gasteiger charge is -2.03. The third-order valence-electron chi connectivity index (χ3n) is 2.13. The van der Waals surface area contributed by atoms with Crippen LogP contribution < -0.4 is 5.32 Å². The van der Waals surface area contributed by atoms with Crippen molar-refractivity contribution < 1.29 is 9.21 Å². The molecule has 0 radical (unpaired) electrons. The Bertz CT molecular complexity index is 577. The summed E-state index contributed by atoms with van der Waals surface area (Å²) >= 11 is 11.6. The molecular weight excluding hydrogens is 273 g/mol. The van der Waals surface area contributed by atoms with E-state index in [1.54, 1.807) is 36.4 Å². The molecule has 0 atom stereocenters. The Morgan fingerprint density at radius 3 is 2.72 bits per heavy atom. The molecule has 0 aliphatic carbocycles. The summed E-state index contributed by atoms with van der Waals surface area (Å²) < 4.78 is 5.06. The zero-order valence-electron chi connectivity index (χ0n) is 9.19. The molecule has 0 bridgehead atoms. The van der Waals surface area contributed by atoms with Gasteiger partial charge >= 0.3 is 0 Å². The fourth-order valence-electron chi connectivity index (χ4n) is 1.30. The molecule has 2 rings (SSSR count). The summed E-state index contributed by atoms with van der Waals surface area (Å²) in [7, 11) is 0. The van der Waals surface area contributed by atoms with Crippen molar-refractivity contribution in [1.29, 1.82) is 0 Å². The molecular formula is C13H9Cl2NO2. The van der Waals surface area contributed by atoms with Crippen LogP contribution >= 0.6 is 23.2 Å². The molecule has 1 amide bonds. The predicted octanol–water partition coefficient (Wildman–Crippen LogP) is 4.24. The Kier molecular flexibility index (Phi) is 4.07. The zero-order valence-corrected chi connectivity index (χ0v) is 10.7. The number of benzene rings is 1. The molecule has 0 fully saturated rings. The fourth-order valence-corrected chi connectivity index (χ4v) is 1.60. The van der Waals surface area contributed by atoms with Gasteiger partial charge in [-0.2, -0.15) is 0 Å². The van der Waals surface area contributed by atoms with Crippen LogP contribution in [0.1, 0.15) is 5.76 Å². The van der Waals surface area contributed by atoms with Gasteiger partial charge in [-0.05, 0) is 36.4 Å². The zero-order chi connectivity index (χ0) is 13.0. The second-order valence-electron chi connectivity index (χ2n) is 3.47. The van der Waals surface area contributed by atoms with Crippen molar-refractivity contribution in [2.24, 2.45) is 0 Å². The lowest BCUT2D eigenvalue weighted by atomic mass is 10.3. The Balaban J connectivity index is 2.01. The molecule has 0 aliphatic rings.